The summed E-state index contributed by atoms with van der Waals surface area (Å²) in [5.41, 5.74) is 6.76. The molecule has 122 valence electrons. The third kappa shape index (κ3) is 5.15. The van der Waals surface area contributed by atoms with Gasteiger partial charge in [0.1, 0.15) is 0 Å². The third-order valence-corrected chi connectivity index (χ3v) is 4.06. The first kappa shape index (κ1) is 17.1. The highest BCUT2D eigenvalue weighted by atomic mass is 35.5. The number of benzene rings is 1. The maximum Gasteiger partial charge on any atom is 0.243 e. The Bertz CT molecular complexity index is 720. The number of carbonyl (C=O) groups excluding carboxylic acids is 2. The van der Waals surface area contributed by atoms with Crippen LogP contribution in [0, 0.1) is 6.92 Å². The van der Waals surface area contributed by atoms with Gasteiger partial charge in [0.25, 0.3) is 0 Å². The predicted molar refractivity (Wildman–Crippen MR) is 89.3 cm³/mol. The first-order chi connectivity index (χ1) is 11.0. The van der Waals surface area contributed by atoms with Crippen LogP contribution >= 0.6 is 23.4 Å². The first-order valence-electron chi connectivity index (χ1n) is 6.58. The number of nitrogens with one attached hydrogen (secondary N) is 3. The number of hydrogen-bond donors (Lipinski definition) is 4. The van der Waals surface area contributed by atoms with E-state index in [0.29, 0.717) is 15.9 Å². The second kappa shape index (κ2) is 7.84. The predicted octanol–water partition coefficient (Wildman–Crippen LogP) is 1.20. The lowest BCUT2D eigenvalue weighted by atomic mass is 10.2. The van der Waals surface area contributed by atoms with Crippen LogP contribution in [0.1, 0.15) is 5.56 Å². The van der Waals surface area contributed by atoms with Crippen LogP contribution < -0.4 is 16.4 Å². The van der Waals surface area contributed by atoms with Gasteiger partial charge in [-0.3, -0.25) is 9.59 Å². The molecule has 23 heavy (non-hydrogen) atoms. The van der Waals surface area contributed by atoms with Gasteiger partial charge in [-0.2, -0.15) is 4.98 Å². The summed E-state index contributed by atoms with van der Waals surface area (Å²) in [7, 11) is 0. The van der Waals surface area contributed by atoms with Crippen LogP contribution in [0.3, 0.4) is 0 Å². The molecular weight excluding hydrogens is 340 g/mol. The molecule has 2 aromatic rings. The van der Waals surface area contributed by atoms with Gasteiger partial charge in [-0.15, -0.1) is 5.10 Å². The van der Waals surface area contributed by atoms with Crippen LogP contribution in [-0.4, -0.2) is 39.3 Å². The molecule has 0 atom stereocenters. The van der Waals surface area contributed by atoms with E-state index in [2.05, 4.69) is 25.8 Å². The fourth-order valence-electron chi connectivity index (χ4n) is 1.62. The minimum absolute atomic E-state index is 0.0841. The second-order valence-corrected chi connectivity index (χ2v) is 5.88. The van der Waals surface area contributed by atoms with Gasteiger partial charge >= 0.3 is 0 Å². The van der Waals surface area contributed by atoms with Crippen LogP contribution in [0.2, 0.25) is 5.02 Å². The SMILES string of the molecule is Cc1c(Cl)cccc1NC(=O)CNC(=O)CSc1n[nH]c(N)n1. The van der Waals surface area contributed by atoms with Crippen molar-refractivity contribution in [3.8, 4) is 0 Å². The lowest BCUT2D eigenvalue weighted by Gasteiger charge is -2.10. The Morgan fingerprint density at radius 2 is 2.17 bits per heavy atom. The van der Waals surface area contributed by atoms with Gasteiger partial charge in [0.05, 0.1) is 12.3 Å². The molecule has 10 heteroatoms. The zero-order chi connectivity index (χ0) is 16.8. The number of carbonyl (C=O) groups is 2. The number of nitrogen functional groups attached to an aromatic ring is 1. The zero-order valence-corrected chi connectivity index (χ0v) is 13.8. The molecule has 2 rings (SSSR count). The number of H-pyrrole nitrogens is 1. The number of nitrogens with two attached hydrogens (primary N) is 1. The first-order valence-corrected chi connectivity index (χ1v) is 7.94. The van der Waals surface area contributed by atoms with E-state index in [1.165, 1.54) is 0 Å². The molecular formula is C13H15ClN6O2S. The Labute approximate surface area is 141 Å². The lowest BCUT2D eigenvalue weighted by Crippen LogP contribution is -2.34. The van der Waals surface area contributed by atoms with E-state index in [1.807, 2.05) is 0 Å². The van der Waals surface area contributed by atoms with E-state index in [-0.39, 0.29) is 30.1 Å². The van der Waals surface area contributed by atoms with E-state index >= 15 is 0 Å². The van der Waals surface area contributed by atoms with Crippen molar-refractivity contribution >= 4 is 46.8 Å². The molecule has 8 nitrogen and oxygen atoms in total. The maximum absolute atomic E-state index is 11.8. The van der Waals surface area contributed by atoms with Gasteiger partial charge in [-0.1, -0.05) is 29.4 Å². The molecule has 1 aromatic carbocycles. The monoisotopic (exact) mass is 354 g/mol. The number of aromatic amines is 1. The Balaban J connectivity index is 1.75. The summed E-state index contributed by atoms with van der Waals surface area (Å²) in [6.07, 6.45) is 0. The Kier molecular flexibility index (Phi) is 5.83. The van der Waals surface area contributed by atoms with Gasteiger partial charge < -0.3 is 16.4 Å². The normalized spacial score (nSPS) is 10.3. The van der Waals surface area contributed by atoms with Crippen molar-refractivity contribution < 1.29 is 9.59 Å². The lowest BCUT2D eigenvalue weighted by molar-refractivity contribution is -0.122. The average Bonchev–Trinajstić information content (AvgIpc) is 2.93. The molecule has 0 saturated carbocycles. The summed E-state index contributed by atoms with van der Waals surface area (Å²) in [5.74, 6) is -0.378. The molecule has 0 fully saturated rings. The van der Waals surface area contributed by atoms with Gasteiger partial charge in [0, 0.05) is 10.7 Å². The standard InChI is InChI=1S/C13H15ClN6O2S/c1-7-8(14)3-2-4-9(7)17-10(21)5-16-11(22)6-23-13-18-12(15)19-20-13/h2-4H,5-6H2,1H3,(H,16,22)(H,17,21)(H3,15,18,19,20). The molecule has 1 aromatic heterocycles. The van der Waals surface area contributed by atoms with Crippen LogP contribution in [0.4, 0.5) is 11.6 Å². The third-order valence-electron chi connectivity index (χ3n) is 2.80. The van der Waals surface area contributed by atoms with Crippen molar-refractivity contribution in [2.45, 2.75) is 12.1 Å². The molecule has 0 unspecified atom stereocenters. The van der Waals surface area contributed by atoms with E-state index in [9.17, 15) is 9.59 Å². The number of amides is 2. The highest BCUT2D eigenvalue weighted by Crippen LogP contribution is 2.22. The number of nitrogens with zero attached hydrogens (tertiary/aromatic N) is 2. The van der Waals surface area contributed by atoms with Crippen molar-refractivity contribution in [2.75, 3.05) is 23.3 Å². The number of thioether (sulfide) groups is 1. The van der Waals surface area contributed by atoms with Crippen LogP contribution in [0.15, 0.2) is 23.4 Å². The number of hydrogen-bond acceptors (Lipinski definition) is 6. The minimum atomic E-state index is -0.337. The molecule has 1 heterocycles. The second-order valence-electron chi connectivity index (χ2n) is 4.53. The molecule has 0 saturated heterocycles. The summed E-state index contributed by atoms with van der Waals surface area (Å²) >= 11 is 7.09. The summed E-state index contributed by atoms with van der Waals surface area (Å²) in [6.45, 7) is 1.66. The van der Waals surface area contributed by atoms with Crippen molar-refractivity contribution in [2.24, 2.45) is 0 Å². The van der Waals surface area contributed by atoms with Crippen molar-refractivity contribution in [1.82, 2.24) is 20.5 Å². The number of anilines is 2. The molecule has 2 amide bonds. The van der Waals surface area contributed by atoms with Gasteiger partial charge in [0.2, 0.25) is 22.9 Å². The van der Waals surface area contributed by atoms with Crippen molar-refractivity contribution in [3.05, 3.63) is 28.8 Å². The fourth-order valence-corrected chi connectivity index (χ4v) is 2.43. The number of aromatic nitrogens is 3. The molecule has 0 aliphatic rings. The maximum atomic E-state index is 11.8. The Morgan fingerprint density at radius 1 is 1.39 bits per heavy atom. The van der Waals surface area contributed by atoms with E-state index < -0.39 is 0 Å². The Hall–Kier alpha value is -2.26. The smallest absolute Gasteiger partial charge is 0.243 e. The van der Waals surface area contributed by atoms with Gasteiger partial charge in [-0.25, -0.2) is 5.10 Å². The average molecular weight is 355 g/mol. The molecule has 0 aliphatic carbocycles. The number of rotatable bonds is 6. The summed E-state index contributed by atoms with van der Waals surface area (Å²) in [5, 5.41) is 12.4. The summed E-state index contributed by atoms with van der Waals surface area (Å²) in [4.78, 5) is 27.4. The van der Waals surface area contributed by atoms with Crippen molar-refractivity contribution in [1.29, 1.82) is 0 Å². The van der Waals surface area contributed by atoms with Crippen LogP contribution in [-0.2, 0) is 9.59 Å². The summed E-state index contributed by atoms with van der Waals surface area (Å²) < 4.78 is 0. The van der Waals surface area contributed by atoms with E-state index in [1.54, 1.807) is 25.1 Å². The highest BCUT2D eigenvalue weighted by Gasteiger charge is 2.10. The fraction of sp³-hybridized carbons (Fsp3) is 0.231. The minimum Gasteiger partial charge on any atom is -0.368 e. The Morgan fingerprint density at radius 3 is 2.87 bits per heavy atom. The quantitative estimate of drug-likeness (QED) is 0.577. The topological polar surface area (TPSA) is 126 Å². The zero-order valence-electron chi connectivity index (χ0n) is 12.2. The van der Waals surface area contributed by atoms with E-state index in [4.69, 9.17) is 17.3 Å². The molecule has 0 spiro atoms. The molecule has 0 radical (unpaired) electrons. The molecule has 5 N–H and O–H groups in total. The largest absolute Gasteiger partial charge is 0.368 e. The number of halogens is 1. The van der Waals surface area contributed by atoms with Gasteiger partial charge in [-0.05, 0) is 24.6 Å². The van der Waals surface area contributed by atoms with Crippen LogP contribution in [0.25, 0.3) is 0 Å². The van der Waals surface area contributed by atoms with Gasteiger partial charge in [0.15, 0.2) is 0 Å². The van der Waals surface area contributed by atoms with E-state index in [0.717, 1.165) is 17.3 Å². The molecule has 0 aliphatic heterocycles. The molecule has 0 bridgehead atoms. The van der Waals surface area contributed by atoms with Crippen molar-refractivity contribution in [3.63, 3.8) is 0 Å². The highest BCUT2D eigenvalue weighted by molar-refractivity contribution is 7.99. The van der Waals surface area contributed by atoms with Crippen LogP contribution in [0.5, 0.6) is 0 Å². The summed E-state index contributed by atoms with van der Waals surface area (Å²) in [6, 6.07) is 5.22.